The van der Waals surface area contributed by atoms with Gasteiger partial charge in [-0.1, -0.05) is 23.6 Å². The Labute approximate surface area is 126 Å². The Kier molecular flexibility index (Phi) is 3.77. The first-order valence-electron chi connectivity index (χ1n) is 7.25. The van der Waals surface area contributed by atoms with Crippen molar-refractivity contribution in [3.05, 3.63) is 34.3 Å². The SMILES string of the molecule is C#CCN1CC[C@]2(C[C@@H]1C)OCCc1ccc(Cl)cc12. The minimum absolute atomic E-state index is 0.164. The van der Waals surface area contributed by atoms with Crippen molar-refractivity contribution >= 4 is 11.6 Å². The van der Waals surface area contributed by atoms with Gasteiger partial charge < -0.3 is 4.74 Å². The highest BCUT2D eigenvalue weighted by molar-refractivity contribution is 6.30. The summed E-state index contributed by atoms with van der Waals surface area (Å²) in [7, 11) is 0. The maximum Gasteiger partial charge on any atom is 0.0961 e. The van der Waals surface area contributed by atoms with Crippen LogP contribution in [0.2, 0.25) is 5.02 Å². The van der Waals surface area contributed by atoms with Gasteiger partial charge in [0.05, 0.1) is 18.8 Å². The Morgan fingerprint density at radius 3 is 3.15 bits per heavy atom. The Morgan fingerprint density at radius 2 is 2.40 bits per heavy atom. The second kappa shape index (κ2) is 5.41. The Morgan fingerprint density at radius 1 is 1.55 bits per heavy atom. The van der Waals surface area contributed by atoms with Crippen molar-refractivity contribution in [2.45, 2.75) is 37.8 Å². The number of benzene rings is 1. The summed E-state index contributed by atoms with van der Waals surface area (Å²) < 4.78 is 6.25. The van der Waals surface area contributed by atoms with E-state index in [2.05, 4.69) is 29.9 Å². The van der Waals surface area contributed by atoms with E-state index in [1.807, 2.05) is 6.07 Å². The zero-order valence-electron chi connectivity index (χ0n) is 11.9. The predicted octanol–water partition coefficient (Wildman–Crippen LogP) is 3.23. The van der Waals surface area contributed by atoms with Crippen LogP contribution in [0.4, 0.5) is 0 Å². The van der Waals surface area contributed by atoms with E-state index in [0.717, 1.165) is 44.0 Å². The maximum absolute atomic E-state index is 6.25. The Balaban J connectivity index is 1.92. The summed E-state index contributed by atoms with van der Waals surface area (Å²) in [5, 5.41) is 0.798. The molecule has 1 aromatic carbocycles. The third kappa shape index (κ3) is 2.35. The molecule has 1 aromatic rings. The molecule has 2 atom stereocenters. The predicted molar refractivity (Wildman–Crippen MR) is 81.9 cm³/mol. The molecule has 0 saturated carbocycles. The molecule has 3 rings (SSSR count). The van der Waals surface area contributed by atoms with Crippen molar-refractivity contribution in [2.24, 2.45) is 0 Å². The highest BCUT2D eigenvalue weighted by Crippen LogP contribution is 2.44. The minimum atomic E-state index is -0.164. The zero-order valence-corrected chi connectivity index (χ0v) is 12.6. The number of rotatable bonds is 1. The number of terminal acetylenes is 1. The topological polar surface area (TPSA) is 12.5 Å². The van der Waals surface area contributed by atoms with Gasteiger partial charge in [0.2, 0.25) is 0 Å². The summed E-state index contributed by atoms with van der Waals surface area (Å²) in [6, 6.07) is 6.67. The molecule has 0 aliphatic carbocycles. The van der Waals surface area contributed by atoms with Gasteiger partial charge in [-0.15, -0.1) is 6.42 Å². The first-order chi connectivity index (χ1) is 9.64. The lowest BCUT2D eigenvalue weighted by Crippen LogP contribution is -2.50. The molecule has 0 amide bonds. The van der Waals surface area contributed by atoms with Crippen LogP contribution in [0.3, 0.4) is 0 Å². The van der Waals surface area contributed by atoms with Crippen LogP contribution in [0.5, 0.6) is 0 Å². The molecule has 0 unspecified atom stereocenters. The van der Waals surface area contributed by atoms with Crippen molar-refractivity contribution < 1.29 is 4.74 Å². The van der Waals surface area contributed by atoms with Crippen molar-refractivity contribution in [1.29, 1.82) is 0 Å². The normalized spacial score (nSPS) is 29.9. The maximum atomic E-state index is 6.25. The number of hydrogen-bond donors (Lipinski definition) is 0. The molecule has 1 fully saturated rings. The van der Waals surface area contributed by atoms with Crippen LogP contribution in [0, 0.1) is 12.3 Å². The van der Waals surface area contributed by atoms with Crippen LogP contribution in [0.1, 0.15) is 30.9 Å². The summed E-state index contributed by atoms with van der Waals surface area (Å²) in [6.45, 7) is 4.74. The molecule has 2 heterocycles. The molecule has 1 spiro atoms. The van der Waals surface area contributed by atoms with E-state index >= 15 is 0 Å². The van der Waals surface area contributed by atoms with Crippen molar-refractivity contribution in [3.63, 3.8) is 0 Å². The number of ether oxygens (including phenoxy) is 1. The summed E-state index contributed by atoms with van der Waals surface area (Å²) in [5.74, 6) is 2.75. The molecule has 0 aromatic heterocycles. The van der Waals surface area contributed by atoms with Gasteiger partial charge in [0.15, 0.2) is 0 Å². The van der Waals surface area contributed by atoms with Crippen molar-refractivity contribution in [3.8, 4) is 12.3 Å². The average Bonchev–Trinajstić information content (AvgIpc) is 2.43. The first kappa shape index (κ1) is 13.9. The van der Waals surface area contributed by atoms with E-state index in [1.54, 1.807) is 0 Å². The molecule has 0 radical (unpaired) electrons. The van der Waals surface area contributed by atoms with Gasteiger partial charge >= 0.3 is 0 Å². The molecule has 106 valence electrons. The van der Waals surface area contributed by atoms with Gasteiger partial charge in [-0.2, -0.15) is 0 Å². The fraction of sp³-hybridized carbons (Fsp3) is 0.529. The van der Waals surface area contributed by atoms with E-state index in [0.29, 0.717) is 6.04 Å². The Bertz CT molecular complexity index is 550. The molecule has 2 nitrogen and oxygen atoms in total. The van der Waals surface area contributed by atoms with Gasteiger partial charge in [-0.05, 0) is 49.4 Å². The molecular weight excluding hydrogens is 270 g/mol. The average molecular weight is 290 g/mol. The zero-order chi connectivity index (χ0) is 14.2. The third-order valence-corrected chi connectivity index (χ3v) is 4.89. The number of fused-ring (bicyclic) bond motifs is 2. The molecule has 2 aliphatic heterocycles. The first-order valence-corrected chi connectivity index (χ1v) is 7.63. The van der Waals surface area contributed by atoms with E-state index < -0.39 is 0 Å². The van der Waals surface area contributed by atoms with Gasteiger partial charge in [0, 0.05) is 17.6 Å². The van der Waals surface area contributed by atoms with Crippen LogP contribution >= 0.6 is 11.6 Å². The Hall–Kier alpha value is -1.01. The summed E-state index contributed by atoms with van der Waals surface area (Å²) in [5.41, 5.74) is 2.52. The van der Waals surface area contributed by atoms with Crippen molar-refractivity contribution in [2.75, 3.05) is 19.7 Å². The van der Waals surface area contributed by atoms with Crippen molar-refractivity contribution in [1.82, 2.24) is 4.90 Å². The number of hydrogen-bond acceptors (Lipinski definition) is 2. The van der Waals surface area contributed by atoms with E-state index in [-0.39, 0.29) is 5.60 Å². The molecule has 1 saturated heterocycles. The van der Waals surface area contributed by atoms with E-state index in [1.165, 1.54) is 11.1 Å². The van der Waals surface area contributed by atoms with Crippen LogP contribution in [0.15, 0.2) is 18.2 Å². The summed E-state index contributed by atoms with van der Waals surface area (Å²) in [4.78, 5) is 2.35. The second-order valence-corrected chi connectivity index (χ2v) is 6.31. The largest absolute Gasteiger partial charge is 0.370 e. The lowest BCUT2D eigenvalue weighted by molar-refractivity contribution is -0.109. The summed E-state index contributed by atoms with van der Waals surface area (Å²) in [6.07, 6.45) is 8.41. The number of halogens is 1. The van der Waals surface area contributed by atoms with E-state index in [9.17, 15) is 0 Å². The quantitative estimate of drug-likeness (QED) is 0.736. The fourth-order valence-electron chi connectivity index (χ4n) is 3.61. The molecule has 2 aliphatic rings. The smallest absolute Gasteiger partial charge is 0.0961 e. The van der Waals surface area contributed by atoms with Gasteiger partial charge in [-0.25, -0.2) is 0 Å². The second-order valence-electron chi connectivity index (χ2n) is 5.87. The minimum Gasteiger partial charge on any atom is -0.370 e. The lowest BCUT2D eigenvalue weighted by Gasteiger charge is -2.47. The monoisotopic (exact) mass is 289 g/mol. The fourth-order valence-corrected chi connectivity index (χ4v) is 3.78. The lowest BCUT2D eigenvalue weighted by atomic mass is 9.77. The summed E-state index contributed by atoms with van der Waals surface area (Å²) >= 11 is 6.20. The molecular formula is C17H20ClNO. The number of nitrogens with zero attached hydrogens (tertiary/aromatic N) is 1. The number of piperidine rings is 1. The molecule has 3 heteroatoms. The highest BCUT2D eigenvalue weighted by atomic mass is 35.5. The van der Waals surface area contributed by atoms with E-state index in [4.69, 9.17) is 22.8 Å². The standard InChI is InChI=1S/C17H20ClNO/c1-3-8-19-9-7-17(12-13(19)2)16-11-15(18)5-4-14(16)6-10-20-17/h1,4-5,11,13H,6-10,12H2,2H3/t13-,17+/m0/s1. The van der Waals surface area contributed by atoms with Gasteiger partial charge in [0.1, 0.15) is 0 Å². The van der Waals surface area contributed by atoms with Gasteiger partial charge in [0.25, 0.3) is 0 Å². The number of likely N-dealkylation sites (tertiary alicyclic amines) is 1. The third-order valence-electron chi connectivity index (χ3n) is 4.66. The van der Waals surface area contributed by atoms with Crippen LogP contribution in [0.25, 0.3) is 0 Å². The van der Waals surface area contributed by atoms with Crippen LogP contribution < -0.4 is 0 Å². The van der Waals surface area contributed by atoms with Crippen LogP contribution in [-0.4, -0.2) is 30.6 Å². The van der Waals surface area contributed by atoms with Gasteiger partial charge in [-0.3, -0.25) is 4.90 Å². The highest BCUT2D eigenvalue weighted by Gasteiger charge is 2.43. The molecule has 20 heavy (non-hydrogen) atoms. The van der Waals surface area contributed by atoms with Crippen LogP contribution in [-0.2, 0) is 16.8 Å². The molecule has 0 bridgehead atoms. The molecule has 0 N–H and O–H groups in total.